The van der Waals surface area contributed by atoms with Gasteiger partial charge in [0.05, 0.1) is 17.4 Å². The highest BCUT2D eigenvalue weighted by atomic mass is 16.4. The molecule has 0 radical (unpaired) electrons. The summed E-state index contributed by atoms with van der Waals surface area (Å²) in [4.78, 5) is 20.4. The van der Waals surface area contributed by atoms with Crippen LogP contribution in [0.2, 0.25) is 0 Å². The summed E-state index contributed by atoms with van der Waals surface area (Å²) in [5.74, 6) is -0.841. The minimum atomic E-state index is -1.02. The minimum Gasteiger partial charge on any atom is -0.479 e. The van der Waals surface area contributed by atoms with Crippen molar-refractivity contribution in [3.8, 4) is 0 Å². The van der Waals surface area contributed by atoms with Crippen LogP contribution in [0.25, 0.3) is 11.0 Å². The molecular formula is C18H19N3O2. The van der Waals surface area contributed by atoms with E-state index in [-0.39, 0.29) is 0 Å². The summed E-state index contributed by atoms with van der Waals surface area (Å²) < 4.78 is 1.77. The van der Waals surface area contributed by atoms with E-state index in [1.54, 1.807) is 24.0 Å². The predicted octanol–water partition coefficient (Wildman–Crippen LogP) is 3.25. The Balaban J connectivity index is 1.83. The van der Waals surface area contributed by atoms with Crippen molar-refractivity contribution in [3.63, 3.8) is 0 Å². The van der Waals surface area contributed by atoms with Gasteiger partial charge in [0.25, 0.3) is 0 Å². The molecule has 2 heterocycles. The summed E-state index contributed by atoms with van der Waals surface area (Å²) in [6.45, 7) is 1.76. The number of aryl methyl sites for hydroxylation is 1. The Morgan fingerprint density at radius 3 is 2.83 bits per heavy atom. The normalized spacial score (nSPS) is 13.8. The van der Waals surface area contributed by atoms with Crippen molar-refractivity contribution in [1.29, 1.82) is 0 Å². The van der Waals surface area contributed by atoms with E-state index in [2.05, 4.69) is 9.97 Å². The molecule has 3 aromatic rings. The van der Waals surface area contributed by atoms with Crippen LogP contribution in [0.5, 0.6) is 0 Å². The van der Waals surface area contributed by atoms with Gasteiger partial charge in [-0.1, -0.05) is 18.2 Å². The minimum absolute atomic E-state index is 0.525. The van der Waals surface area contributed by atoms with Gasteiger partial charge in [0.15, 0.2) is 0 Å². The number of fused-ring (bicyclic) bond motifs is 1. The van der Waals surface area contributed by atoms with Gasteiger partial charge in [0.1, 0.15) is 5.54 Å². The van der Waals surface area contributed by atoms with E-state index in [0.717, 1.165) is 29.4 Å². The number of aromatic nitrogens is 3. The average Bonchev–Trinajstić information content (AvgIpc) is 3.00. The third kappa shape index (κ3) is 2.95. The lowest BCUT2D eigenvalue weighted by Gasteiger charge is -2.27. The van der Waals surface area contributed by atoms with E-state index in [4.69, 9.17) is 0 Å². The number of carbonyl (C=O) groups is 1. The van der Waals surface area contributed by atoms with Crippen molar-refractivity contribution in [2.75, 3.05) is 0 Å². The number of hydrogen-bond acceptors (Lipinski definition) is 3. The molecular weight excluding hydrogens is 290 g/mol. The predicted molar refractivity (Wildman–Crippen MR) is 88.2 cm³/mol. The van der Waals surface area contributed by atoms with Crippen LogP contribution in [-0.2, 0) is 16.8 Å². The molecule has 2 aromatic heterocycles. The molecule has 1 atom stereocenters. The molecule has 0 saturated carbocycles. The number of aliphatic carboxylic acids is 1. The van der Waals surface area contributed by atoms with E-state index in [0.29, 0.717) is 6.42 Å². The first-order valence-electron chi connectivity index (χ1n) is 7.66. The molecule has 0 saturated heterocycles. The molecule has 5 nitrogen and oxygen atoms in total. The summed E-state index contributed by atoms with van der Waals surface area (Å²) >= 11 is 0. The molecule has 3 rings (SSSR count). The number of carboxylic acids is 1. The summed E-state index contributed by atoms with van der Waals surface area (Å²) in [7, 11) is 0. The maximum atomic E-state index is 11.9. The van der Waals surface area contributed by atoms with Gasteiger partial charge >= 0.3 is 5.97 Å². The molecule has 1 N–H and O–H groups in total. The van der Waals surface area contributed by atoms with Gasteiger partial charge in [-0.3, -0.25) is 4.98 Å². The van der Waals surface area contributed by atoms with Gasteiger partial charge in [0.2, 0.25) is 0 Å². The number of imidazole rings is 1. The molecule has 0 spiro atoms. The van der Waals surface area contributed by atoms with Crippen LogP contribution in [-0.4, -0.2) is 25.6 Å². The monoisotopic (exact) mass is 309 g/mol. The van der Waals surface area contributed by atoms with Crippen molar-refractivity contribution in [1.82, 2.24) is 14.5 Å². The van der Waals surface area contributed by atoms with Crippen LogP contribution in [0.3, 0.4) is 0 Å². The smallest absolute Gasteiger partial charge is 0.329 e. The van der Waals surface area contributed by atoms with Crippen LogP contribution in [0, 0.1) is 0 Å². The summed E-state index contributed by atoms with van der Waals surface area (Å²) in [6, 6.07) is 11.5. The van der Waals surface area contributed by atoms with Crippen LogP contribution in [0.4, 0.5) is 0 Å². The first kappa shape index (κ1) is 15.2. The van der Waals surface area contributed by atoms with Crippen molar-refractivity contribution >= 4 is 17.0 Å². The lowest BCUT2D eigenvalue weighted by molar-refractivity contribution is -0.146. The maximum absolute atomic E-state index is 11.9. The van der Waals surface area contributed by atoms with E-state index >= 15 is 0 Å². The summed E-state index contributed by atoms with van der Waals surface area (Å²) in [6.07, 6.45) is 7.29. The topological polar surface area (TPSA) is 68.0 Å². The molecule has 0 aliphatic carbocycles. The molecule has 0 bridgehead atoms. The van der Waals surface area contributed by atoms with Crippen molar-refractivity contribution < 1.29 is 9.90 Å². The van der Waals surface area contributed by atoms with Gasteiger partial charge in [-0.05, 0) is 49.9 Å². The van der Waals surface area contributed by atoms with Gasteiger partial charge in [-0.2, -0.15) is 0 Å². The van der Waals surface area contributed by atoms with Crippen molar-refractivity contribution in [2.24, 2.45) is 0 Å². The zero-order valence-electron chi connectivity index (χ0n) is 13.0. The second-order valence-corrected chi connectivity index (χ2v) is 5.90. The third-order valence-corrected chi connectivity index (χ3v) is 4.30. The van der Waals surface area contributed by atoms with Gasteiger partial charge in [0, 0.05) is 12.4 Å². The fourth-order valence-corrected chi connectivity index (χ4v) is 2.87. The highest BCUT2D eigenvalue weighted by molar-refractivity contribution is 5.82. The fraction of sp³-hybridized carbons (Fsp3) is 0.278. The van der Waals surface area contributed by atoms with E-state index in [1.807, 2.05) is 42.6 Å². The Morgan fingerprint density at radius 1 is 1.26 bits per heavy atom. The summed E-state index contributed by atoms with van der Waals surface area (Å²) in [5.41, 5.74) is 1.76. The Morgan fingerprint density at radius 2 is 2.09 bits per heavy atom. The van der Waals surface area contributed by atoms with Crippen LogP contribution in [0.1, 0.15) is 25.3 Å². The highest BCUT2D eigenvalue weighted by Gasteiger charge is 2.35. The number of pyridine rings is 1. The fourth-order valence-electron chi connectivity index (χ4n) is 2.87. The lowest BCUT2D eigenvalue weighted by Crippen LogP contribution is -2.38. The molecule has 23 heavy (non-hydrogen) atoms. The van der Waals surface area contributed by atoms with Crippen molar-refractivity contribution in [3.05, 3.63) is 60.7 Å². The van der Waals surface area contributed by atoms with Crippen LogP contribution in [0.15, 0.2) is 55.1 Å². The first-order valence-corrected chi connectivity index (χ1v) is 7.66. The molecule has 0 amide bonds. The zero-order chi connectivity index (χ0) is 16.3. The number of hydrogen-bond donors (Lipinski definition) is 1. The lowest BCUT2D eigenvalue weighted by atomic mass is 9.93. The quantitative estimate of drug-likeness (QED) is 0.759. The van der Waals surface area contributed by atoms with Crippen LogP contribution >= 0.6 is 0 Å². The SMILES string of the molecule is CC(CCCc1cccnc1)(C(=O)O)n1cnc2ccccc21. The Hall–Kier alpha value is -2.69. The van der Waals surface area contributed by atoms with Gasteiger partial charge in [-0.25, -0.2) is 9.78 Å². The van der Waals surface area contributed by atoms with Crippen molar-refractivity contribution in [2.45, 2.75) is 31.7 Å². The standard InChI is InChI=1S/C18H19N3O2/c1-18(17(22)23,10-4-6-14-7-5-11-19-12-14)21-13-20-15-8-2-3-9-16(15)21/h2-3,5,7-9,11-13H,4,6,10H2,1H3,(H,22,23). The van der Waals surface area contributed by atoms with E-state index in [9.17, 15) is 9.90 Å². The molecule has 1 aromatic carbocycles. The second kappa shape index (κ2) is 6.20. The molecule has 0 fully saturated rings. The zero-order valence-corrected chi connectivity index (χ0v) is 13.0. The number of para-hydroxylation sites is 2. The number of benzene rings is 1. The Bertz CT molecular complexity index is 813. The molecule has 5 heteroatoms. The molecule has 1 unspecified atom stereocenters. The Labute approximate surface area is 134 Å². The number of rotatable bonds is 6. The second-order valence-electron chi connectivity index (χ2n) is 5.90. The number of carboxylic acid groups (broad SMARTS) is 1. The molecule has 0 aliphatic rings. The van der Waals surface area contributed by atoms with E-state index in [1.165, 1.54) is 0 Å². The summed E-state index contributed by atoms with van der Waals surface area (Å²) in [5, 5.41) is 9.80. The largest absolute Gasteiger partial charge is 0.479 e. The van der Waals surface area contributed by atoms with Gasteiger partial charge in [-0.15, -0.1) is 0 Å². The maximum Gasteiger partial charge on any atom is 0.329 e. The first-order chi connectivity index (χ1) is 11.1. The van der Waals surface area contributed by atoms with Crippen LogP contribution < -0.4 is 0 Å². The van der Waals surface area contributed by atoms with E-state index < -0.39 is 11.5 Å². The Kier molecular flexibility index (Phi) is 4.10. The molecule has 0 aliphatic heterocycles. The molecule has 118 valence electrons. The number of nitrogens with zero attached hydrogens (tertiary/aromatic N) is 3. The third-order valence-electron chi connectivity index (χ3n) is 4.30. The highest BCUT2D eigenvalue weighted by Crippen LogP contribution is 2.28. The van der Waals surface area contributed by atoms with Gasteiger partial charge < -0.3 is 9.67 Å². The average molecular weight is 309 g/mol.